The number of nitro groups is 1. The van der Waals surface area contributed by atoms with Crippen molar-refractivity contribution in [1.29, 1.82) is 0 Å². The highest BCUT2D eigenvalue weighted by Crippen LogP contribution is 2.16. The molecule has 0 amide bonds. The summed E-state index contributed by atoms with van der Waals surface area (Å²) in [5.74, 6) is 0.376. The largest absolute Gasteiger partial charge is 0.383 e. The average molecular weight is 459 g/mol. The highest BCUT2D eigenvalue weighted by Gasteiger charge is 2.15. The molecule has 0 atom stereocenters. The van der Waals surface area contributed by atoms with Gasteiger partial charge in [0, 0.05) is 29.3 Å². The van der Waals surface area contributed by atoms with Gasteiger partial charge in [-0.1, -0.05) is 35.9 Å². The monoisotopic (exact) mass is 458 g/mol. The number of nitrogens with zero attached hydrogens (tertiary/aromatic N) is 2. The zero-order chi connectivity index (χ0) is 22.4. The van der Waals surface area contributed by atoms with E-state index in [0.717, 1.165) is 28.8 Å². The van der Waals surface area contributed by atoms with Crippen molar-refractivity contribution in [3.63, 3.8) is 0 Å². The number of nitrogens with one attached hydrogen (secondary N) is 1. The van der Waals surface area contributed by atoms with Gasteiger partial charge < -0.3 is 5.73 Å². The van der Waals surface area contributed by atoms with Crippen molar-refractivity contribution in [2.45, 2.75) is 18.0 Å². The Balaban J connectivity index is 1.65. The standard InChI is InChI=1S/C21H19ClN4O4S/c22-18-6-4-17(5-7-18)21(23)24-13-15-2-1-3-16(12-15)14-25-31(29,30)20-10-8-19(9-11-20)26(27)28/h1-12,25H,13-14H2,(H2,23,24). The Kier molecular flexibility index (Phi) is 7.01. The Morgan fingerprint density at radius 1 is 1.03 bits per heavy atom. The molecular weight excluding hydrogens is 440 g/mol. The SMILES string of the molecule is NC(=NCc1cccc(CNS(=O)(=O)c2ccc([N+](=O)[O-])cc2)c1)c1ccc(Cl)cc1. The van der Waals surface area contributed by atoms with Gasteiger partial charge in [-0.2, -0.15) is 0 Å². The van der Waals surface area contributed by atoms with Crippen LogP contribution in [0.15, 0.2) is 82.7 Å². The van der Waals surface area contributed by atoms with Gasteiger partial charge in [-0.15, -0.1) is 0 Å². The van der Waals surface area contributed by atoms with Crippen LogP contribution in [0.2, 0.25) is 5.02 Å². The average Bonchev–Trinajstić information content (AvgIpc) is 2.77. The molecule has 0 aliphatic carbocycles. The zero-order valence-electron chi connectivity index (χ0n) is 16.2. The molecule has 0 unspecified atom stereocenters. The number of hydrogen-bond acceptors (Lipinski definition) is 5. The van der Waals surface area contributed by atoms with Crippen LogP contribution in [-0.4, -0.2) is 19.2 Å². The number of nitrogens with two attached hydrogens (primary N) is 1. The summed E-state index contributed by atoms with van der Waals surface area (Å²) in [6, 6.07) is 19.0. The fourth-order valence-corrected chi connectivity index (χ4v) is 3.88. The first kappa shape index (κ1) is 22.4. The van der Waals surface area contributed by atoms with Crippen molar-refractivity contribution >= 4 is 33.1 Å². The van der Waals surface area contributed by atoms with E-state index in [2.05, 4.69) is 9.71 Å². The van der Waals surface area contributed by atoms with Gasteiger partial charge >= 0.3 is 0 Å². The maximum atomic E-state index is 12.4. The molecule has 0 spiro atoms. The molecule has 3 rings (SSSR count). The predicted octanol–water partition coefficient (Wildman–Crippen LogP) is 3.63. The van der Waals surface area contributed by atoms with Gasteiger partial charge in [0.2, 0.25) is 10.0 Å². The van der Waals surface area contributed by atoms with Gasteiger partial charge in [0.25, 0.3) is 5.69 Å². The minimum Gasteiger partial charge on any atom is -0.383 e. The van der Waals surface area contributed by atoms with Crippen LogP contribution in [0.25, 0.3) is 0 Å². The van der Waals surface area contributed by atoms with Gasteiger partial charge in [-0.25, -0.2) is 13.1 Å². The van der Waals surface area contributed by atoms with E-state index >= 15 is 0 Å². The zero-order valence-corrected chi connectivity index (χ0v) is 17.8. The van der Waals surface area contributed by atoms with Crippen LogP contribution in [-0.2, 0) is 23.1 Å². The highest BCUT2D eigenvalue weighted by molar-refractivity contribution is 7.89. The van der Waals surface area contributed by atoms with Crippen molar-refractivity contribution in [3.05, 3.63) is 105 Å². The first-order valence-electron chi connectivity index (χ1n) is 9.12. The van der Waals surface area contributed by atoms with Crippen LogP contribution in [0.4, 0.5) is 5.69 Å². The Morgan fingerprint density at radius 3 is 2.32 bits per heavy atom. The summed E-state index contributed by atoms with van der Waals surface area (Å²) in [6.07, 6.45) is 0. The third-order valence-electron chi connectivity index (χ3n) is 4.39. The van der Waals surface area contributed by atoms with Gasteiger partial charge in [0.1, 0.15) is 5.84 Å². The summed E-state index contributed by atoms with van der Waals surface area (Å²) < 4.78 is 27.4. The van der Waals surface area contributed by atoms with E-state index in [-0.39, 0.29) is 17.1 Å². The number of sulfonamides is 1. The maximum Gasteiger partial charge on any atom is 0.269 e. The molecule has 0 saturated carbocycles. The van der Waals surface area contributed by atoms with Crippen LogP contribution < -0.4 is 10.5 Å². The summed E-state index contributed by atoms with van der Waals surface area (Å²) in [5.41, 5.74) is 8.20. The van der Waals surface area contributed by atoms with E-state index in [1.165, 1.54) is 12.1 Å². The second-order valence-electron chi connectivity index (χ2n) is 6.60. The molecule has 160 valence electrons. The number of nitro benzene ring substituents is 1. The minimum atomic E-state index is -3.81. The summed E-state index contributed by atoms with van der Waals surface area (Å²) in [6.45, 7) is 0.390. The first-order chi connectivity index (χ1) is 14.7. The Bertz CT molecular complexity index is 1210. The normalized spacial score (nSPS) is 12.0. The van der Waals surface area contributed by atoms with Crippen LogP contribution in [0.5, 0.6) is 0 Å². The third-order valence-corrected chi connectivity index (χ3v) is 6.06. The van der Waals surface area contributed by atoms with Crippen LogP contribution in [0.3, 0.4) is 0 Å². The number of amidine groups is 1. The summed E-state index contributed by atoms with van der Waals surface area (Å²) in [4.78, 5) is 14.5. The van der Waals surface area contributed by atoms with Crippen LogP contribution in [0, 0.1) is 10.1 Å². The molecule has 3 aromatic carbocycles. The second-order valence-corrected chi connectivity index (χ2v) is 8.81. The van der Waals surface area contributed by atoms with E-state index in [4.69, 9.17) is 17.3 Å². The molecule has 3 N–H and O–H groups in total. The molecular formula is C21H19ClN4O4S. The lowest BCUT2D eigenvalue weighted by Crippen LogP contribution is -2.23. The quantitative estimate of drug-likeness (QED) is 0.230. The molecule has 10 heteroatoms. The van der Waals surface area contributed by atoms with Gasteiger partial charge in [-0.05, 0) is 47.5 Å². The topological polar surface area (TPSA) is 128 Å². The van der Waals surface area contributed by atoms with Crippen LogP contribution >= 0.6 is 11.6 Å². The van der Waals surface area contributed by atoms with Crippen molar-refractivity contribution in [2.75, 3.05) is 0 Å². The predicted molar refractivity (Wildman–Crippen MR) is 119 cm³/mol. The number of aliphatic imine (C=N–C) groups is 1. The Labute approximate surface area is 184 Å². The number of halogens is 1. The molecule has 0 radical (unpaired) electrons. The summed E-state index contributed by atoms with van der Waals surface area (Å²) in [7, 11) is -3.81. The first-order valence-corrected chi connectivity index (χ1v) is 11.0. The Hall–Kier alpha value is -3.27. The molecule has 0 heterocycles. The van der Waals surface area contributed by atoms with E-state index in [0.29, 0.717) is 17.4 Å². The Morgan fingerprint density at radius 2 is 1.68 bits per heavy atom. The molecule has 0 aromatic heterocycles. The highest BCUT2D eigenvalue weighted by atomic mass is 35.5. The number of benzene rings is 3. The van der Waals surface area contributed by atoms with E-state index in [1.807, 2.05) is 12.1 Å². The van der Waals surface area contributed by atoms with E-state index < -0.39 is 14.9 Å². The smallest absolute Gasteiger partial charge is 0.269 e. The molecule has 0 aliphatic rings. The third kappa shape index (κ3) is 6.11. The lowest BCUT2D eigenvalue weighted by atomic mass is 10.1. The molecule has 0 bridgehead atoms. The molecule has 3 aromatic rings. The lowest BCUT2D eigenvalue weighted by Gasteiger charge is -2.08. The number of rotatable bonds is 8. The fraction of sp³-hybridized carbons (Fsp3) is 0.0952. The number of hydrogen-bond donors (Lipinski definition) is 2. The minimum absolute atomic E-state index is 0.0467. The molecule has 0 saturated heterocycles. The lowest BCUT2D eigenvalue weighted by molar-refractivity contribution is -0.384. The molecule has 0 fully saturated rings. The fourth-order valence-electron chi connectivity index (χ4n) is 2.74. The number of non-ortho nitro benzene ring substituents is 1. The van der Waals surface area contributed by atoms with Gasteiger partial charge in [0.05, 0.1) is 16.4 Å². The summed E-state index contributed by atoms with van der Waals surface area (Å²) in [5, 5.41) is 11.3. The molecule has 0 aliphatic heterocycles. The van der Waals surface area contributed by atoms with Gasteiger partial charge in [0.15, 0.2) is 0 Å². The van der Waals surface area contributed by atoms with Crippen molar-refractivity contribution < 1.29 is 13.3 Å². The second kappa shape index (κ2) is 9.69. The summed E-state index contributed by atoms with van der Waals surface area (Å²) >= 11 is 5.87. The van der Waals surface area contributed by atoms with Crippen LogP contribution in [0.1, 0.15) is 16.7 Å². The van der Waals surface area contributed by atoms with Crippen molar-refractivity contribution in [2.24, 2.45) is 10.7 Å². The molecule has 31 heavy (non-hydrogen) atoms. The van der Waals surface area contributed by atoms with Gasteiger partial charge in [-0.3, -0.25) is 15.1 Å². The maximum absolute atomic E-state index is 12.4. The molecule has 8 nitrogen and oxygen atoms in total. The van der Waals surface area contributed by atoms with E-state index in [9.17, 15) is 18.5 Å². The van der Waals surface area contributed by atoms with Crippen molar-refractivity contribution in [1.82, 2.24) is 4.72 Å². The van der Waals surface area contributed by atoms with E-state index in [1.54, 1.807) is 36.4 Å². The van der Waals surface area contributed by atoms with Crippen molar-refractivity contribution in [3.8, 4) is 0 Å².